The molecule has 1 aliphatic rings. The number of aromatic nitrogens is 1. The Morgan fingerprint density at radius 1 is 1.42 bits per heavy atom. The van der Waals surface area contributed by atoms with E-state index in [1.807, 2.05) is 48.5 Å². The standard InChI is InChI=1S/C18H22N6O2/c1-3-26-18(25)23-15-9-14-16(17(19)22-15)21-12(10-20-14)11-24(2)13-7-5-4-6-8-13/h4-9,11,20-21H,3,10H2,1-2H3,(H3,19,22,23,25)/p+1. The van der Waals surface area contributed by atoms with Gasteiger partial charge in [-0.05, 0) is 19.1 Å². The van der Waals surface area contributed by atoms with Gasteiger partial charge in [0, 0.05) is 25.0 Å². The average molecular weight is 355 g/mol. The number of nitrogen functional groups attached to an aromatic ring is 1. The van der Waals surface area contributed by atoms with Crippen LogP contribution >= 0.6 is 0 Å². The summed E-state index contributed by atoms with van der Waals surface area (Å²) in [6.07, 6.45) is 1.48. The molecule has 8 heteroatoms. The van der Waals surface area contributed by atoms with Crippen molar-refractivity contribution in [3.63, 3.8) is 0 Å². The highest BCUT2D eigenvalue weighted by atomic mass is 16.5. The number of hydrogen-bond acceptors (Lipinski definition) is 6. The van der Waals surface area contributed by atoms with Crippen molar-refractivity contribution < 1.29 is 14.5 Å². The number of nitrogens with zero attached hydrogens (tertiary/aromatic N) is 1. The summed E-state index contributed by atoms with van der Waals surface area (Å²) < 4.78 is 4.87. The van der Waals surface area contributed by atoms with Crippen LogP contribution in [0.5, 0.6) is 0 Å². The highest BCUT2D eigenvalue weighted by Gasteiger charge is 2.21. The third-order valence-corrected chi connectivity index (χ3v) is 3.88. The molecule has 26 heavy (non-hydrogen) atoms. The van der Waals surface area contributed by atoms with Crippen LogP contribution in [0.4, 0.5) is 33.5 Å². The first-order valence-corrected chi connectivity index (χ1v) is 8.36. The van der Waals surface area contributed by atoms with Crippen LogP contribution in [-0.2, 0) is 4.74 Å². The normalized spacial score (nSPS) is 14.0. The van der Waals surface area contributed by atoms with Gasteiger partial charge >= 0.3 is 6.09 Å². The van der Waals surface area contributed by atoms with Gasteiger partial charge in [0.15, 0.2) is 0 Å². The Morgan fingerprint density at radius 2 is 2.19 bits per heavy atom. The fourth-order valence-electron chi connectivity index (χ4n) is 2.67. The zero-order valence-corrected chi connectivity index (χ0v) is 14.8. The van der Waals surface area contributed by atoms with Gasteiger partial charge in [0.05, 0.1) is 24.5 Å². The van der Waals surface area contributed by atoms with Gasteiger partial charge in [-0.15, -0.1) is 0 Å². The molecule has 8 nitrogen and oxygen atoms in total. The number of aromatic amines is 1. The van der Waals surface area contributed by atoms with Crippen molar-refractivity contribution in [2.75, 3.05) is 46.8 Å². The molecule has 0 atom stereocenters. The van der Waals surface area contributed by atoms with Crippen LogP contribution in [0, 0.1) is 0 Å². The lowest BCUT2D eigenvalue weighted by Gasteiger charge is -2.25. The topological polar surface area (TPSA) is 106 Å². The molecule has 0 aliphatic carbocycles. The lowest BCUT2D eigenvalue weighted by Crippen LogP contribution is -2.28. The Morgan fingerprint density at radius 3 is 2.92 bits per heavy atom. The minimum atomic E-state index is -0.531. The zero-order valence-electron chi connectivity index (χ0n) is 14.8. The molecule has 0 spiro atoms. The first-order chi connectivity index (χ1) is 12.6. The van der Waals surface area contributed by atoms with Gasteiger partial charge in [-0.2, -0.15) is 0 Å². The second-order valence-electron chi connectivity index (χ2n) is 5.81. The number of H-pyrrole nitrogens is 1. The molecule has 2 aromatic rings. The van der Waals surface area contributed by atoms with E-state index < -0.39 is 6.09 Å². The predicted octanol–water partition coefficient (Wildman–Crippen LogP) is 2.47. The summed E-state index contributed by atoms with van der Waals surface area (Å²) in [5.41, 5.74) is 9.69. The third-order valence-electron chi connectivity index (χ3n) is 3.88. The van der Waals surface area contributed by atoms with Gasteiger partial charge < -0.3 is 26.0 Å². The van der Waals surface area contributed by atoms with Gasteiger partial charge in [-0.3, -0.25) is 0 Å². The molecule has 3 rings (SSSR count). The van der Waals surface area contributed by atoms with Crippen molar-refractivity contribution in [1.29, 1.82) is 0 Å². The zero-order chi connectivity index (χ0) is 18.5. The van der Waals surface area contributed by atoms with Gasteiger partial charge in [0.25, 0.3) is 0 Å². The summed E-state index contributed by atoms with van der Waals surface area (Å²) in [5, 5.41) is 9.25. The van der Waals surface area contributed by atoms with Gasteiger partial charge in [-0.25, -0.2) is 15.1 Å². The Balaban J connectivity index is 1.76. The van der Waals surface area contributed by atoms with E-state index >= 15 is 0 Å². The van der Waals surface area contributed by atoms with E-state index in [0.717, 1.165) is 22.8 Å². The number of carbonyl (C=O) groups is 1. The number of anilines is 5. The van der Waals surface area contributed by atoms with Crippen molar-refractivity contribution in [2.45, 2.75) is 6.92 Å². The lowest BCUT2D eigenvalue weighted by molar-refractivity contribution is -0.341. The maximum Gasteiger partial charge on any atom is 0.473 e. The summed E-state index contributed by atoms with van der Waals surface area (Å²) in [6, 6.07) is 11.8. The second kappa shape index (κ2) is 7.64. The maximum absolute atomic E-state index is 11.6. The van der Waals surface area contributed by atoms with E-state index in [-0.39, 0.29) is 0 Å². The number of amides is 1. The van der Waals surface area contributed by atoms with E-state index in [0.29, 0.717) is 24.8 Å². The first-order valence-electron chi connectivity index (χ1n) is 8.36. The second-order valence-corrected chi connectivity index (χ2v) is 5.81. The fourth-order valence-corrected chi connectivity index (χ4v) is 2.67. The molecule has 1 amide bonds. The van der Waals surface area contributed by atoms with E-state index in [4.69, 9.17) is 10.5 Å². The van der Waals surface area contributed by atoms with Crippen molar-refractivity contribution in [3.8, 4) is 0 Å². The van der Waals surface area contributed by atoms with Gasteiger partial charge in [0.1, 0.15) is 5.69 Å². The highest BCUT2D eigenvalue weighted by molar-refractivity contribution is 5.87. The summed E-state index contributed by atoms with van der Waals surface area (Å²) in [5.74, 6) is 0.873. The van der Waals surface area contributed by atoms with Crippen LogP contribution in [0.15, 0.2) is 48.3 Å². The molecule has 0 saturated heterocycles. The van der Waals surface area contributed by atoms with Crippen molar-refractivity contribution in [2.24, 2.45) is 0 Å². The molecule has 136 valence electrons. The minimum Gasteiger partial charge on any atom is -0.438 e. The quantitative estimate of drug-likeness (QED) is 0.671. The lowest BCUT2D eigenvalue weighted by atomic mass is 10.2. The predicted molar refractivity (Wildman–Crippen MR) is 103 cm³/mol. The third kappa shape index (κ3) is 3.97. The summed E-state index contributed by atoms with van der Waals surface area (Å²) in [4.78, 5) is 16.5. The molecule has 1 aromatic heterocycles. The SMILES string of the molecule is CCOC(=O)Nc1cc2c(c(N)[nH+]1)NC(=CN(C)c1ccccc1)CN2. The molecule has 0 bridgehead atoms. The number of fused-ring (bicyclic) bond motifs is 1. The van der Waals surface area contributed by atoms with Crippen LogP contribution in [0.1, 0.15) is 6.92 Å². The number of nitrogens with one attached hydrogen (secondary N) is 4. The number of carbonyl (C=O) groups excluding carboxylic acids is 1. The Bertz CT molecular complexity index is 822. The molecule has 1 aromatic carbocycles. The molecule has 1 aliphatic heterocycles. The van der Waals surface area contributed by atoms with Gasteiger partial charge in [0.2, 0.25) is 11.6 Å². The van der Waals surface area contributed by atoms with Crippen molar-refractivity contribution in [3.05, 3.63) is 48.3 Å². The van der Waals surface area contributed by atoms with Crippen LogP contribution < -0.4 is 31.6 Å². The largest absolute Gasteiger partial charge is 0.473 e. The van der Waals surface area contributed by atoms with E-state index in [9.17, 15) is 4.79 Å². The smallest absolute Gasteiger partial charge is 0.438 e. The average Bonchev–Trinajstić information content (AvgIpc) is 2.63. The van der Waals surface area contributed by atoms with Crippen molar-refractivity contribution in [1.82, 2.24) is 0 Å². The molecular formula is C18H23N6O2+. The Labute approximate surface area is 152 Å². The van der Waals surface area contributed by atoms with E-state index in [1.54, 1.807) is 13.0 Å². The number of nitrogens with two attached hydrogens (primary N) is 1. The number of pyridine rings is 1. The molecule has 0 fully saturated rings. The van der Waals surface area contributed by atoms with Crippen LogP contribution in [0.25, 0.3) is 0 Å². The molecule has 6 N–H and O–H groups in total. The molecule has 0 saturated carbocycles. The maximum atomic E-state index is 11.6. The number of benzene rings is 1. The minimum absolute atomic E-state index is 0.301. The van der Waals surface area contributed by atoms with Crippen LogP contribution in [0.3, 0.4) is 0 Å². The Kier molecular flexibility index (Phi) is 5.12. The van der Waals surface area contributed by atoms with Crippen LogP contribution in [-0.4, -0.2) is 26.3 Å². The van der Waals surface area contributed by atoms with E-state index in [1.165, 1.54) is 0 Å². The number of para-hydroxylation sites is 1. The number of rotatable bonds is 4. The first kappa shape index (κ1) is 17.4. The number of hydrogen-bond donors (Lipinski definition) is 4. The van der Waals surface area contributed by atoms with Crippen LogP contribution in [0.2, 0.25) is 0 Å². The van der Waals surface area contributed by atoms with Crippen molar-refractivity contribution >= 4 is 34.8 Å². The highest BCUT2D eigenvalue weighted by Crippen LogP contribution is 2.32. The molecule has 0 radical (unpaired) electrons. The molecule has 2 heterocycles. The Hall–Kier alpha value is -3.42. The summed E-state index contributed by atoms with van der Waals surface area (Å²) >= 11 is 0. The number of ether oxygens (including phenoxy) is 1. The monoisotopic (exact) mass is 355 g/mol. The molecule has 0 unspecified atom stereocenters. The summed E-state index contributed by atoms with van der Waals surface area (Å²) in [7, 11) is 1.99. The molecular weight excluding hydrogens is 332 g/mol. The van der Waals surface area contributed by atoms with E-state index in [2.05, 4.69) is 20.9 Å². The summed E-state index contributed by atoms with van der Waals surface area (Å²) in [6.45, 7) is 2.65. The van der Waals surface area contributed by atoms with Gasteiger partial charge in [-0.1, -0.05) is 18.2 Å². The fraction of sp³-hybridized carbons (Fsp3) is 0.222.